The van der Waals surface area contributed by atoms with E-state index < -0.39 is 12.8 Å². The first-order valence-corrected chi connectivity index (χ1v) is 10.8. The van der Waals surface area contributed by atoms with Crippen molar-refractivity contribution in [1.82, 2.24) is 0 Å². The second-order valence-electron chi connectivity index (χ2n) is 7.57. The summed E-state index contributed by atoms with van der Waals surface area (Å²) in [5, 5.41) is 9.56. The summed E-state index contributed by atoms with van der Waals surface area (Å²) in [6.45, 7) is 3.08. The third kappa shape index (κ3) is 4.36. The van der Waals surface area contributed by atoms with Crippen LogP contribution in [0.5, 0.6) is 5.75 Å². The standard InChI is InChI=1S/C23H25O4P/c1-23(2,28(25,26)27)21-15-19(13-17-9-5-3-6-10-17)22(24)20(16-21)14-18-11-7-4-8-12-18/h3-12,15-16,24H,13-14H2,1-2H3,(H2,25,26,27). The molecule has 0 bridgehead atoms. The highest BCUT2D eigenvalue weighted by Crippen LogP contribution is 2.57. The van der Waals surface area contributed by atoms with E-state index in [1.807, 2.05) is 60.7 Å². The van der Waals surface area contributed by atoms with Crippen molar-refractivity contribution in [3.05, 3.63) is 101 Å². The van der Waals surface area contributed by atoms with Crippen molar-refractivity contribution in [2.24, 2.45) is 0 Å². The van der Waals surface area contributed by atoms with E-state index in [0.29, 0.717) is 29.5 Å². The Morgan fingerprint density at radius 1 is 0.786 bits per heavy atom. The Morgan fingerprint density at radius 2 is 1.18 bits per heavy atom. The number of phenols is 1. The number of benzene rings is 3. The van der Waals surface area contributed by atoms with Crippen LogP contribution in [0.3, 0.4) is 0 Å². The number of hydrogen-bond donors (Lipinski definition) is 3. The summed E-state index contributed by atoms with van der Waals surface area (Å²) in [4.78, 5) is 19.8. The maximum absolute atomic E-state index is 12.1. The van der Waals surface area contributed by atoms with E-state index >= 15 is 0 Å². The zero-order valence-corrected chi connectivity index (χ0v) is 16.9. The molecule has 0 radical (unpaired) electrons. The van der Waals surface area contributed by atoms with E-state index in [4.69, 9.17) is 0 Å². The van der Waals surface area contributed by atoms with Gasteiger partial charge in [0.15, 0.2) is 0 Å². The van der Waals surface area contributed by atoms with Crippen molar-refractivity contribution in [2.45, 2.75) is 31.8 Å². The van der Waals surface area contributed by atoms with Gasteiger partial charge in [-0.05, 0) is 41.7 Å². The van der Waals surface area contributed by atoms with Gasteiger partial charge in [0.2, 0.25) is 0 Å². The number of aromatic hydroxyl groups is 1. The quantitative estimate of drug-likeness (QED) is 0.513. The highest BCUT2D eigenvalue weighted by atomic mass is 31.2. The van der Waals surface area contributed by atoms with Crippen LogP contribution in [-0.4, -0.2) is 14.9 Å². The minimum absolute atomic E-state index is 0.179. The smallest absolute Gasteiger partial charge is 0.335 e. The van der Waals surface area contributed by atoms with E-state index in [9.17, 15) is 19.5 Å². The molecule has 3 aromatic rings. The Kier molecular flexibility index (Phi) is 5.76. The molecule has 0 saturated heterocycles. The fourth-order valence-electron chi connectivity index (χ4n) is 3.18. The summed E-state index contributed by atoms with van der Waals surface area (Å²) in [5.41, 5.74) is 3.90. The second-order valence-corrected chi connectivity index (χ2v) is 9.78. The monoisotopic (exact) mass is 396 g/mol. The van der Waals surface area contributed by atoms with Crippen molar-refractivity contribution >= 4 is 7.60 Å². The summed E-state index contributed by atoms with van der Waals surface area (Å²) in [6.07, 6.45) is 0.971. The summed E-state index contributed by atoms with van der Waals surface area (Å²) >= 11 is 0. The van der Waals surface area contributed by atoms with Crippen LogP contribution < -0.4 is 0 Å². The lowest BCUT2D eigenvalue weighted by molar-refractivity contribution is 0.337. The van der Waals surface area contributed by atoms with Gasteiger partial charge in [0.25, 0.3) is 0 Å². The van der Waals surface area contributed by atoms with Crippen molar-refractivity contribution in [3.8, 4) is 5.75 Å². The average molecular weight is 396 g/mol. The first kappa shape index (κ1) is 20.3. The van der Waals surface area contributed by atoms with E-state index in [2.05, 4.69) is 0 Å². The molecule has 4 nitrogen and oxygen atoms in total. The maximum Gasteiger partial charge on any atom is 0.335 e. The topological polar surface area (TPSA) is 77.8 Å². The van der Waals surface area contributed by atoms with Crippen molar-refractivity contribution < 1.29 is 19.5 Å². The molecule has 0 atom stereocenters. The molecule has 0 heterocycles. The Morgan fingerprint density at radius 3 is 1.54 bits per heavy atom. The van der Waals surface area contributed by atoms with Gasteiger partial charge in [-0.25, -0.2) is 0 Å². The van der Waals surface area contributed by atoms with Gasteiger partial charge >= 0.3 is 7.60 Å². The molecule has 146 valence electrons. The molecule has 3 aromatic carbocycles. The predicted molar refractivity (Wildman–Crippen MR) is 112 cm³/mol. The predicted octanol–water partition coefficient (Wildman–Crippen LogP) is 4.99. The molecule has 0 aromatic heterocycles. The van der Waals surface area contributed by atoms with Crippen LogP contribution in [0.15, 0.2) is 72.8 Å². The number of phenolic OH excluding ortho intramolecular Hbond substituents is 1. The molecule has 3 N–H and O–H groups in total. The lowest BCUT2D eigenvalue weighted by Gasteiger charge is -2.28. The fourth-order valence-corrected chi connectivity index (χ4v) is 3.65. The van der Waals surface area contributed by atoms with Gasteiger partial charge in [0.05, 0.1) is 5.16 Å². The van der Waals surface area contributed by atoms with E-state index in [1.165, 1.54) is 0 Å². The van der Waals surface area contributed by atoms with Crippen molar-refractivity contribution in [2.75, 3.05) is 0 Å². The van der Waals surface area contributed by atoms with Crippen LogP contribution in [0.2, 0.25) is 0 Å². The first-order chi connectivity index (χ1) is 13.2. The first-order valence-electron chi connectivity index (χ1n) is 9.17. The fraction of sp³-hybridized carbons (Fsp3) is 0.217. The minimum atomic E-state index is -4.39. The SMILES string of the molecule is CC(C)(c1cc(Cc2ccccc2)c(O)c(Cc2ccccc2)c1)P(=O)(O)O. The van der Waals surface area contributed by atoms with Crippen LogP contribution >= 0.6 is 7.60 Å². The zero-order chi connectivity index (χ0) is 20.4. The molecule has 3 rings (SSSR count). The van der Waals surface area contributed by atoms with E-state index in [0.717, 1.165) is 11.1 Å². The molecule has 0 aliphatic rings. The third-order valence-electron chi connectivity index (χ3n) is 5.18. The molecule has 0 amide bonds. The van der Waals surface area contributed by atoms with Crippen molar-refractivity contribution in [1.29, 1.82) is 0 Å². The van der Waals surface area contributed by atoms with Gasteiger partial charge in [0.1, 0.15) is 5.75 Å². The minimum Gasteiger partial charge on any atom is -0.507 e. The summed E-state index contributed by atoms with van der Waals surface area (Å²) < 4.78 is 12.1. The summed E-state index contributed by atoms with van der Waals surface area (Å²) in [6, 6.07) is 22.9. The van der Waals surface area contributed by atoms with Gasteiger partial charge < -0.3 is 14.9 Å². The van der Waals surface area contributed by atoms with Gasteiger partial charge in [0, 0.05) is 12.8 Å². The van der Waals surface area contributed by atoms with E-state index in [-0.39, 0.29) is 5.75 Å². The van der Waals surface area contributed by atoms with E-state index in [1.54, 1.807) is 26.0 Å². The lowest BCUT2D eigenvalue weighted by Crippen LogP contribution is -2.18. The molecule has 5 heteroatoms. The average Bonchev–Trinajstić information content (AvgIpc) is 2.65. The summed E-state index contributed by atoms with van der Waals surface area (Å²) in [7, 11) is -4.39. The molecular formula is C23H25O4P. The molecular weight excluding hydrogens is 371 g/mol. The van der Waals surface area contributed by atoms with Crippen molar-refractivity contribution in [3.63, 3.8) is 0 Å². The Labute approximate surface area is 165 Å². The molecule has 0 fully saturated rings. The van der Waals surface area contributed by atoms with Gasteiger partial charge in [-0.2, -0.15) is 0 Å². The number of hydrogen-bond acceptors (Lipinski definition) is 2. The van der Waals surface area contributed by atoms with Crippen LogP contribution in [0.4, 0.5) is 0 Å². The van der Waals surface area contributed by atoms with Gasteiger partial charge in [-0.1, -0.05) is 72.8 Å². The van der Waals surface area contributed by atoms with Crippen LogP contribution in [0.1, 0.15) is 41.7 Å². The Hall–Kier alpha value is -2.39. The Balaban J connectivity index is 2.11. The molecule has 0 saturated carbocycles. The maximum atomic E-state index is 12.1. The normalized spacial score (nSPS) is 12.1. The van der Waals surface area contributed by atoms with Gasteiger partial charge in [-0.15, -0.1) is 0 Å². The molecule has 0 spiro atoms. The third-order valence-corrected chi connectivity index (χ3v) is 6.89. The molecule has 0 aliphatic carbocycles. The Bertz CT molecular complexity index is 929. The van der Waals surface area contributed by atoms with Crippen LogP contribution in [-0.2, 0) is 22.6 Å². The molecule has 0 unspecified atom stereocenters. The molecule has 0 aliphatic heterocycles. The lowest BCUT2D eigenvalue weighted by atomic mass is 9.91. The number of rotatable bonds is 6. The highest BCUT2D eigenvalue weighted by molar-refractivity contribution is 7.53. The van der Waals surface area contributed by atoms with Crippen LogP contribution in [0.25, 0.3) is 0 Å². The largest absolute Gasteiger partial charge is 0.507 e. The zero-order valence-electron chi connectivity index (χ0n) is 16.0. The molecule has 28 heavy (non-hydrogen) atoms. The summed E-state index contributed by atoms with van der Waals surface area (Å²) in [5.74, 6) is 0.179. The second kappa shape index (κ2) is 7.92. The van der Waals surface area contributed by atoms with Crippen LogP contribution in [0, 0.1) is 0 Å². The highest BCUT2D eigenvalue weighted by Gasteiger charge is 2.40. The van der Waals surface area contributed by atoms with Gasteiger partial charge in [-0.3, -0.25) is 4.57 Å².